The molecule has 0 spiro atoms. The Morgan fingerprint density at radius 1 is 1.28 bits per heavy atom. The lowest BCUT2D eigenvalue weighted by Gasteiger charge is -2.15. The standard InChI is InChI=1S/C17H20N6O2/c1-11(20-17(24)19-10-16-21-13(3)25-22-16)14-4-6-15(7-5-14)23-9-8-18-12(23)2/h4-9,11H,10H2,1-3H3,(H2,19,20,24)/t11-/m1/s1. The normalized spacial score (nSPS) is 12.0. The zero-order valence-corrected chi connectivity index (χ0v) is 14.4. The summed E-state index contributed by atoms with van der Waals surface area (Å²) in [6, 6.07) is 7.56. The summed E-state index contributed by atoms with van der Waals surface area (Å²) in [4.78, 5) is 20.2. The predicted molar refractivity (Wildman–Crippen MR) is 91.1 cm³/mol. The summed E-state index contributed by atoms with van der Waals surface area (Å²) in [6.07, 6.45) is 3.68. The van der Waals surface area contributed by atoms with Gasteiger partial charge < -0.3 is 19.7 Å². The third kappa shape index (κ3) is 4.03. The summed E-state index contributed by atoms with van der Waals surface area (Å²) in [6.45, 7) is 5.80. The molecule has 0 unspecified atom stereocenters. The maximum atomic E-state index is 12.0. The lowest BCUT2D eigenvalue weighted by molar-refractivity contribution is 0.237. The Kier molecular flexibility index (Phi) is 4.78. The zero-order chi connectivity index (χ0) is 17.8. The van der Waals surface area contributed by atoms with Gasteiger partial charge in [0.1, 0.15) is 5.82 Å². The van der Waals surface area contributed by atoms with Crippen LogP contribution >= 0.6 is 0 Å². The van der Waals surface area contributed by atoms with Gasteiger partial charge in [-0.2, -0.15) is 4.98 Å². The molecule has 0 aliphatic rings. The fourth-order valence-corrected chi connectivity index (χ4v) is 2.48. The molecular weight excluding hydrogens is 320 g/mol. The van der Waals surface area contributed by atoms with E-state index in [0.29, 0.717) is 11.7 Å². The molecule has 8 heteroatoms. The molecule has 1 aromatic carbocycles. The highest BCUT2D eigenvalue weighted by Crippen LogP contribution is 2.16. The van der Waals surface area contributed by atoms with Crippen molar-refractivity contribution >= 4 is 6.03 Å². The van der Waals surface area contributed by atoms with Crippen LogP contribution in [0.3, 0.4) is 0 Å². The minimum absolute atomic E-state index is 0.134. The largest absolute Gasteiger partial charge is 0.340 e. The van der Waals surface area contributed by atoms with Crippen molar-refractivity contribution in [3.05, 3.63) is 59.8 Å². The van der Waals surface area contributed by atoms with Crippen molar-refractivity contribution in [2.24, 2.45) is 0 Å². The molecule has 2 amide bonds. The first-order valence-electron chi connectivity index (χ1n) is 7.97. The molecule has 25 heavy (non-hydrogen) atoms. The molecule has 0 aliphatic heterocycles. The highest BCUT2D eigenvalue weighted by Gasteiger charge is 2.11. The number of hydrogen-bond donors (Lipinski definition) is 2. The van der Waals surface area contributed by atoms with Crippen LogP contribution in [-0.2, 0) is 6.54 Å². The van der Waals surface area contributed by atoms with Crippen LogP contribution in [0.15, 0.2) is 41.2 Å². The van der Waals surface area contributed by atoms with E-state index < -0.39 is 0 Å². The summed E-state index contributed by atoms with van der Waals surface area (Å²) in [5.74, 6) is 1.84. The molecule has 3 rings (SSSR count). The lowest BCUT2D eigenvalue weighted by atomic mass is 10.1. The minimum atomic E-state index is -0.288. The van der Waals surface area contributed by atoms with Crippen molar-refractivity contribution in [2.45, 2.75) is 33.4 Å². The second-order valence-electron chi connectivity index (χ2n) is 5.71. The fourth-order valence-electron chi connectivity index (χ4n) is 2.48. The van der Waals surface area contributed by atoms with Gasteiger partial charge in [-0.3, -0.25) is 0 Å². The number of urea groups is 1. The van der Waals surface area contributed by atoms with Gasteiger partial charge in [0.2, 0.25) is 5.89 Å². The van der Waals surface area contributed by atoms with Crippen molar-refractivity contribution in [1.29, 1.82) is 0 Å². The lowest BCUT2D eigenvalue weighted by Crippen LogP contribution is -2.36. The molecule has 2 heterocycles. The highest BCUT2D eigenvalue weighted by atomic mass is 16.5. The van der Waals surface area contributed by atoms with Crippen LogP contribution in [-0.4, -0.2) is 25.7 Å². The van der Waals surface area contributed by atoms with Crippen LogP contribution < -0.4 is 10.6 Å². The molecular formula is C17H20N6O2. The molecule has 0 radical (unpaired) electrons. The first-order chi connectivity index (χ1) is 12.0. The van der Waals surface area contributed by atoms with Crippen LogP contribution in [0.25, 0.3) is 5.69 Å². The van der Waals surface area contributed by atoms with Crippen LogP contribution in [0.2, 0.25) is 0 Å². The van der Waals surface area contributed by atoms with Gasteiger partial charge in [-0.05, 0) is 31.5 Å². The fraction of sp³-hybridized carbons (Fsp3) is 0.294. The number of rotatable bonds is 5. The number of aryl methyl sites for hydroxylation is 2. The van der Waals surface area contributed by atoms with Gasteiger partial charge in [0.05, 0.1) is 12.6 Å². The van der Waals surface area contributed by atoms with E-state index in [0.717, 1.165) is 17.1 Å². The van der Waals surface area contributed by atoms with E-state index >= 15 is 0 Å². The number of carbonyl (C=O) groups is 1. The van der Waals surface area contributed by atoms with Gasteiger partial charge in [0, 0.05) is 25.0 Å². The maximum Gasteiger partial charge on any atom is 0.315 e. The zero-order valence-electron chi connectivity index (χ0n) is 14.4. The average molecular weight is 340 g/mol. The molecule has 0 saturated carbocycles. The first-order valence-corrected chi connectivity index (χ1v) is 7.97. The van der Waals surface area contributed by atoms with E-state index in [1.54, 1.807) is 13.1 Å². The Morgan fingerprint density at radius 3 is 2.64 bits per heavy atom. The summed E-state index contributed by atoms with van der Waals surface area (Å²) in [7, 11) is 0. The van der Waals surface area contributed by atoms with Crippen LogP contribution in [0.1, 0.15) is 36.1 Å². The van der Waals surface area contributed by atoms with Crippen LogP contribution in [0.5, 0.6) is 0 Å². The van der Waals surface area contributed by atoms with Crippen molar-refractivity contribution in [2.75, 3.05) is 0 Å². The monoisotopic (exact) mass is 340 g/mol. The quantitative estimate of drug-likeness (QED) is 0.743. The molecule has 2 aromatic heterocycles. The number of nitrogens with one attached hydrogen (secondary N) is 2. The van der Waals surface area contributed by atoms with Gasteiger partial charge in [-0.25, -0.2) is 9.78 Å². The van der Waals surface area contributed by atoms with Gasteiger partial charge in [0.15, 0.2) is 5.82 Å². The van der Waals surface area contributed by atoms with E-state index in [2.05, 4.69) is 25.8 Å². The molecule has 2 N–H and O–H groups in total. The Labute approximate surface area is 145 Å². The third-order valence-corrected chi connectivity index (χ3v) is 3.82. The molecule has 130 valence electrons. The number of nitrogens with zero attached hydrogens (tertiary/aromatic N) is 4. The molecule has 8 nitrogen and oxygen atoms in total. The average Bonchev–Trinajstić information content (AvgIpc) is 3.21. The summed E-state index contributed by atoms with van der Waals surface area (Å²) >= 11 is 0. The van der Waals surface area contributed by atoms with Crippen LogP contribution in [0, 0.1) is 13.8 Å². The summed E-state index contributed by atoms with van der Waals surface area (Å²) in [5.41, 5.74) is 2.04. The second kappa shape index (κ2) is 7.16. The number of amides is 2. The van der Waals surface area contributed by atoms with Gasteiger partial charge in [-0.15, -0.1) is 0 Å². The van der Waals surface area contributed by atoms with Crippen LogP contribution in [0.4, 0.5) is 4.79 Å². The summed E-state index contributed by atoms with van der Waals surface area (Å²) in [5, 5.41) is 9.32. The van der Waals surface area contributed by atoms with E-state index in [9.17, 15) is 4.79 Å². The number of benzene rings is 1. The van der Waals surface area contributed by atoms with E-state index in [-0.39, 0.29) is 18.6 Å². The molecule has 0 fully saturated rings. The minimum Gasteiger partial charge on any atom is -0.340 e. The Morgan fingerprint density at radius 2 is 2.04 bits per heavy atom. The second-order valence-corrected chi connectivity index (χ2v) is 5.71. The Hall–Kier alpha value is -3.16. The molecule has 0 aliphatic carbocycles. The third-order valence-electron chi connectivity index (χ3n) is 3.82. The first kappa shape index (κ1) is 16.7. The van der Waals surface area contributed by atoms with Gasteiger partial charge >= 0.3 is 6.03 Å². The van der Waals surface area contributed by atoms with E-state index in [1.807, 2.05) is 48.9 Å². The topological polar surface area (TPSA) is 97.9 Å². The maximum absolute atomic E-state index is 12.0. The van der Waals surface area contributed by atoms with Crippen molar-refractivity contribution < 1.29 is 9.32 Å². The highest BCUT2D eigenvalue weighted by molar-refractivity contribution is 5.74. The number of aromatic nitrogens is 4. The molecule has 3 aromatic rings. The van der Waals surface area contributed by atoms with Crippen molar-refractivity contribution in [1.82, 2.24) is 30.3 Å². The predicted octanol–water partition coefficient (Wildman–Crippen LogP) is 2.43. The molecule has 1 atom stereocenters. The van der Waals surface area contributed by atoms with Gasteiger partial charge in [0.25, 0.3) is 0 Å². The number of hydrogen-bond acceptors (Lipinski definition) is 5. The molecule has 0 bridgehead atoms. The smallest absolute Gasteiger partial charge is 0.315 e. The number of imidazole rings is 1. The Bertz CT molecular complexity index is 852. The SMILES string of the molecule is Cc1nc(CNC(=O)N[C@H](C)c2ccc(-n3ccnc3C)cc2)no1. The van der Waals surface area contributed by atoms with Crippen molar-refractivity contribution in [3.63, 3.8) is 0 Å². The van der Waals surface area contributed by atoms with Gasteiger partial charge in [-0.1, -0.05) is 17.3 Å². The summed E-state index contributed by atoms with van der Waals surface area (Å²) < 4.78 is 6.86. The van der Waals surface area contributed by atoms with Crippen molar-refractivity contribution in [3.8, 4) is 5.69 Å². The van der Waals surface area contributed by atoms with E-state index in [4.69, 9.17) is 4.52 Å². The Balaban J connectivity index is 1.56. The number of carbonyl (C=O) groups excluding carboxylic acids is 1. The molecule has 0 saturated heterocycles. The van der Waals surface area contributed by atoms with E-state index in [1.165, 1.54) is 0 Å².